The zero-order chi connectivity index (χ0) is 22.3. The molecule has 0 fully saturated rings. The molecule has 0 aliphatic carbocycles. The van der Waals surface area contributed by atoms with E-state index in [9.17, 15) is 9.59 Å². The molecule has 0 bridgehead atoms. The standard InChI is InChI=1S/C23H20N4O3S2/c1-30-17-10-5-9-16(14-17)22-26-27-23(32-22)25-20(28)18(13-15-7-3-2-4-8-15)24-21(29)19-11-6-12-31-19/h2-12,14,18H,13H2,1H3,(H,24,29)(H,25,27,28)/t18-/m0/s1. The van der Waals surface area contributed by atoms with E-state index in [1.807, 2.05) is 60.0 Å². The number of hydrogen-bond acceptors (Lipinski definition) is 7. The Balaban J connectivity index is 1.50. The summed E-state index contributed by atoms with van der Waals surface area (Å²) < 4.78 is 5.25. The van der Waals surface area contributed by atoms with Gasteiger partial charge in [0.15, 0.2) is 0 Å². The van der Waals surface area contributed by atoms with Crippen LogP contribution in [0.1, 0.15) is 15.2 Å². The Morgan fingerprint density at radius 2 is 1.88 bits per heavy atom. The van der Waals surface area contributed by atoms with E-state index in [-0.39, 0.29) is 11.8 Å². The van der Waals surface area contributed by atoms with Gasteiger partial charge in [0.25, 0.3) is 5.91 Å². The van der Waals surface area contributed by atoms with Crippen molar-refractivity contribution in [3.63, 3.8) is 0 Å². The number of amides is 2. The maximum absolute atomic E-state index is 13.1. The molecule has 0 aliphatic heterocycles. The van der Waals surface area contributed by atoms with Crippen LogP contribution < -0.4 is 15.4 Å². The predicted octanol–water partition coefficient (Wildman–Crippen LogP) is 4.26. The predicted molar refractivity (Wildman–Crippen MR) is 126 cm³/mol. The SMILES string of the molecule is COc1cccc(-c2nnc(NC(=O)[C@H](Cc3ccccc3)NC(=O)c3cccs3)s2)c1. The normalized spacial score (nSPS) is 11.5. The average Bonchev–Trinajstić information content (AvgIpc) is 3.52. The quantitative estimate of drug-likeness (QED) is 0.407. The van der Waals surface area contributed by atoms with E-state index in [1.165, 1.54) is 22.7 Å². The maximum atomic E-state index is 13.1. The third kappa shape index (κ3) is 5.37. The first-order valence-corrected chi connectivity index (χ1v) is 11.5. The summed E-state index contributed by atoms with van der Waals surface area (Å²) >= 11 is 2.58. The summed E-state index contributed by atoms with van der Waals surface area (Å²) in [5.74, 6) is 0.0695. The maximum Gasteiger partial charge on any atom is 0.262 e. The molecule has 0 saturated heterocycles. The molecule has 0 saturated carbocycles. The summed E-state index contributed by atoms with van der Waals surface area (Å²) in [6.45, 7) is 0. The van der Waals surface area contributed by atoms with Crippen LogP contribution in [0.2, 0.25) is 0 Å². The highest BCUT2D eigenvalue weighted by atomic mass is 32.1. The van der Waals surface area contributed by atoms with Crippen LogP contribution in [0.4, 0.5) is 5.13 Å². The van der Waals surface area contributed by atoms with Gasteiger partial charge >= 0.3 is 0 Å². The van der Waals surface area contributed by atoms with Crippen molar-refractivity contribution in [1.82, 2.24) is 15.5 Å². The van der Waals surface area contributed by atoms with Gasteiger partial charge in [-0.05, 0) is 29.1 Å². The van der Waals surface area contributed by atoms with Gasteiger partial charge in [0, 0.05) is 12.0 Å². The second-order valence-electron chi connectivity index (χ2n) is 6.83. The highest BCUT2D eigenvalue weighted by molar-refractivity contribution is 7.18. The molecule has 32 heavy (non-hydrogen) atoms. The lowest BCUT2D eigenvalue weighted by Gasteiger charge is -2.17. The van der Waals surface area contributed by atoms with Crippen molar-refractivity contribution in [3.8, 4) is 16.3 Å². The van der Waals surface area contributed by atoms with E-state index in [0.29, 0.717) is 27.2 Å². The fourth-order valence-corrected chi connectivity index (χ4v) is 4.40. The lowest BCUT2D eigenvalue weighted by molar-refractivity contribution is -0.118. The summed E-state index contributed by atoms with van der Waals surface area (Å²) in [5.41, 5.74) is 1.78. The molecule has 2 aromatic carbocycles. The van der Waals surface area contributed by atoms with Gasteiger partial charge in [-0.3, -0.25) is 14.9 Å². The van der Waals surface area contributed by atoms with Crippen LogP contribution in [0.3, 0.4) is 0 Å². The summed E-state index contributed by atoms with van der Waals surface area (Å²) in [6, 6.07) is 19.8. The number of nitrogens with one attached hydrogen (secondary N) is 2. The van der Waals surface area contributed by atoms with Crippen molar-refractivity contribution in [1.29, 1.82) is 0 Å². The molecule has 1 atom stereocenters. The van der Waals surface area contributed by atoms with Gasteiger partial charge in [0.1, 0.15) is 16.8 Å². The van der Waals surface area contributed by atoms with Gasteiger partial charge in [0.2, 0.25) is 11.0 Å². The highest BCUT2D eigenvalue weighted by Crippen LogP contribution is 2.28. The molecule has 162 valence electrons. The van der Waals surface area contributed by atoms with Crippen molar-refractivity contribution in [2.24, 2.45) is 0 Å². The number of rotatable bonds is 8. The molecule has 4 aromatic rings. The molecule has 0 aliphatic rings. The number of methoxy groups -OCH3 is 1. The van der Waals surface area contributed by atoms with E-state index < -0.39 is 6.04 Å². The van der Waals surface area contributed by atoms with Crippen molar-refractivity contribution in [3.05, 3.63) is 82.6 Å². The van der Waals surface area contributed by atoms with E-state index in [4.69, 9.17) is 4.74 Å². The molecule has 2 amide bonds. The molecule has 2 heterocycles. The number of aromatic nitrogens is 2. The molecular weight excluding hydrogens is 444 g/mol. The minimum Gasteiger partial charge on any atom is -0.497 e. The zero-order valence-electron chi connectivity index (χ0n) is 17.1. The molecule has 4 rings (SSSR count). The van der Waals surface area contributed by atoms with Crippen LogP contribution in [-0.2, 0) is 11.2 Å². The fourth-order valence-electron chi connectivity index (χ4n) is 3.04. The monoisotopic (exact) mass is 464 g/mol. The molecule has 9 heteroatoms. The van der Waals surface area contributed by atoms with Gasteiger partial charge < -0.3 is 10.1 Å². The second kappa shape index (κ2) is 10.2. The van der Waals surface area contributed by atoms with E-state index in [2.05, 4.69) is 20.8 Å². The summed E-state index contributed by atoms with van der Waals surface area (Å²) in [7, 11) is 1.60. The second-order valence-corrected chi connectivity index (χ2v) is 8.75. The van der Waals surface area contributed by atoms with Gasteiger partial charge in [-0.25, -0.2) is 0 Å². The van der Waals surface area contributed by atoms with Crippen LogP contribution in [0.25, 0.3) is 10.6 Å². The molecule has 7 nitrogen and oxygen atoms in total. The van der Waals surface area contributed by atoms with Crippen LogP contribution in [0.5, 0.6) is 5.75 Å². The van der Waals surface area contributed by atoms with E-state index in [0.717, 1.165) is 11.1 Å². The molecule has 2 aromatic heterocycles. The Morgan fingerprint density at radius 3 is 2.62 bits per heavy atom. The van der Waals surface area contributed by atoms with Crippen molar-refractivity contribution in [2.45, 2.75) is 12.5 Å². The number of ether oxygens (including phenoxy) is 1. The zero-order valence-corrected chi connectivity index (χ0v) is 18.8. The molecule has 0 radical (unpaired) electrons. The highest BCUT2D eigenvalue weighted by Gasteiger charge is 2.23. The van der Waals surface area contributed by atoms with Crippen molar-refractivity contribution in [2.75, 3.05) is 12.4 Å². The summed E-state index contributed by atoms with van der Waals surface area (Å²) in [6.07, 6.45) is 0.353. The number of nitrogens with zero attached hydrogens (tertiary/aromatic N) is 2. The number of thiophene rings is 1. The number of hydrogen-bond donors (Lipinski definition) is 2. The smallest absolute Gasteiger partial charge is 0.262 e. The van der Waals surface area contributed by atoms with Crippen LogP contribution in [-0.4, -0.2) is 35.2 Å². The Labute approximate surface area is 193 Å². The third-order valence-electron chi connectivity index (χ3n) is 4.62. The molecule has 0 spiro atoms. The first kappa shape index (κ1) is 21.7. The fraction of sp³-hybridized carbons (Fsp3) is 0.130. The Morgan fingerprint density at radius 1 is 1.03 bits per heavy atom. The third-order valence-corrected chi connectivity index (χ3v) is 6.38. The van der Waals surface area contributed by atoms with Crippen molar-refractivity contribution >= 4 is 39.6 Å². The largest absolute Gasteiger partial charge is 0.497 e. The number of anilines is 1. The van der Waals surface area contributed by atoms with Gasteiger partial charge in [0.05, 0.1) is 12.0 Å². The minimum absolute atomic E-state index is 0.287. The molecule has 2 N–H and O–H groups in total. The first-order valence-electron chi connectivity index (χ1n) is 9.79. The summed E-state index contributed by atoms with van der Waals surface area (Å²) in [5, 5.41) is 16.7. The average molecular weight is 465 g/mol. The lowest BCUT2D eigenvalue weighted by Crippen LogP contribution is -2.45. The topological polar surface area (TPSA) is 93.2 Å². The van der Waals surface area contributed by atoms with Crippen LogP contribution in [0.15, 0.2) is 72.1 Å². The number of benzene rings is 2. The lowest BCUT2D eigenvalue weighted by atomic mass is 10.1. The number of carbonyl (C=O) groups is 2. The van der Waals surface area contributed by atoms with Crippen molar-refractivity contribution < 1.29 is 14.3 Å². The Hall–Kier alpha value is -3.56. The minimum atomic E-state index is -0.767. The van der Waals surface area contributed by atoms with Crippen LogP contribution in [0, 0.1) is 0 Å². The molecule has 0 unspecified atom stereocenters. The van der Waals surface area contributed by atoms with Gasteiger partial charge in [-0.1, -0.05) is 59.9 Å². The number of carbonyl (C=O) groups excluding carboxylic acids is 2. The molecular formula is C23H20N4O3S2. The Kier molecular flexibility index (Phi) is 6.88. The van der Waals surface area contributed by atoms with Gasteiger partial charge in [-0.2, -0.15) is 0 Å². The van der Waals surface area contributed by atoms with Gasteiger partial charge in [-0.15, -0.1) is 21.5 Å². The summed E-state index contributed by atoms with van der Waals surface area (Å²) in [4.78, 5) is 26.2. The Bertz CT molecular complexity index is 1190. The first-order chi connectivity index (χ1) is 15.6. The van der Waals surface area contributed by atoms with Crippen LogP contribution >= 0.6 is 22.7 Å². The van der Waals surface area contributed by atoms with E-state index in [1.54, 1.807) is 19.2 Å². The van der Waals surface area contributed by atoms with E-state index >= 15 is 0 Å².